The lowest BCUT2D eigenvalue weighted by molar-refractivity contribution is -0.0218. The van der Waals surface area contributed by atoms with Crippen molar-refractivity contribution >= 4 is 18.9 Å². The third-order valence-electron chi connectivity index (χ3n) is 1.97. The van der Waals surface area contributed by atoms with Crippen LogP contribution in [0.15, 0.2) is 18.2 Å². The van der Waals surface area contributed by atoms with E-state index in [0.29, 0.717) is 23.1 Å². The van der Waals surface area contributed by atoms with Gasteiger partial charge in [0, 0.05) is 25.1 Å². The summed E-state index contributed by atoms with van der Waals surface area (Å²) in [6, 6.07) is 4.75. The maximum absolute atomic E-state index is 10.6. The molecule has 0 unspecified atom stereocenters. The number of nitrogens with zero attached hydrogens (tertiary/aromatic N) is 1. The average Bonchev–Trinajstić information content (AvgIpc) is 2.27. The van der Waals surface area contributed by atoms with Crippen LogP contribution in [-0.2, 0) is 4.76 Å². The van der Waals surface area contributed by atoms with Gasteiger partial charge in [0.1, 0.15) is 12.0 Å². The fourth-order valence-corrected chi connectivity index (χ4v) is 1.28. The Labute approximate surface area is 94.7 Å². The highest BCUT2D eigenvalue weighted by molar-refractivity contribution is 6.61. The van der Waals surface area contributed by atoms with Crippen molar-refractivity contribution in [2.24, 2.45) is 0 Å². The first-order valence-corrected chi connectivity index (χ1v) is 4.73. The highest BCUT2D eigenvalue weighted by Crippen LogP contribution is 2.09. The van der Waals surface area contributed by atoms with Crippen molar-refractivity contribution in [1.82, 2.24) is 5.06 Å². The molecule has 86 valence electrons. The van der Waals surface area contributed by atoms with Gasteiger partial charge in [0.15, 0.2) is 0 Å². The molecule has 6 heteroatoms. The molecule has 5 nitrogen and oxygen atoms in total. The lowest BCUT2D eigenvalue weighted by Crippen LogP contribution is -2.39. The number of aldehydes is 1. The minimum atomic E-state index is -1.16. The van der Waals surface area contributed by atoms with Crippen molar-refractivity contribution in [2.45, 2.75) is 0 Å². The molecule has 1 aromatic carbocycles. The minimum Gasteiger partial charge on any atom is -0.497 e. The fourth-order valence-electron chi connectivity index (χ4n) is 1.28. The second kappa shape index (κ2) is 5.65. The van der Waals surface area contributed by atoms with Crippen LogP contribution >= 0.6 is 0 Å². The summed E-state index contributed by atoms with van der Waals surface area (Å²) in [5.41, 5.74) is 0.873. The number of rotatable bonds is 5. The second-order valence-corrected chi connectivity index (χ2v) is 3.39. The van der Waals surface area contributed by atoms with E-state index < -0.39 is 7.12 Å². The maximum Gasteiger partial charge on any atom is 0.512 e. The minimum absolute atomic E-state index is 0.417. The molecule has 0 amide bonds. The number of benzene rings is 1. The van der Waals surface area contributed by atoms with Crippen LogP contribution in [0.25, 0.3) is 0 Å². The smallest absolute Gasteiger partial charge is 0.497 e. The number of carbonyl (C=O) groups is 1. The molecule has 0 aliphatic carbocycles. The van der Waals surface area contributed by atoms with E-state index >= 15 is 0 Å². The number of hydrogen-bond acceptors (Lipinski definition) is 5. The van der Waals surface area contributed by atoms with E-state index in [1.807, 2.05) is 0 Å². The predicted molar refractivity (Wildman–Crippen MR) is 60.8 cm³/mol. The zero-order valence-electron chi connectivity index (χ0n) is 9.51. The number of carbonyl (C=O) groups excluding carboxylic acids is 1. The zero-order chi connectivity index (χ0) is 12.1. The van der Waals surface area contributed by atoms with Gasteiger partial charge in [-0.25, -0.2) is 5.06 Å². The lowest BCUT2D eigenvalue weighted by Gasteiger charge is -2.16. The standard InChI is InChI=1S/C10H14BNO4/c1-12(2)16-11(14)9-6-8(7-13)4-5-10(9)15-3/h4-7,14H,1-3H3. The highest BCUT2D eigenvalue weighted by Gasteiger charge is 2.23. The van der Waals surface area contributed by atoms with Gasteiger partial charge in [0.2, 0.25) is 0 Å². The molecule has 0 aliphatic heterocycles. The van der Waals surface area contributed by atoms with E-state index in [4.69, 9.17) is 9.49 Å². The molecule has 0 aromatic heterocycles. The van der Waals surface area contributed by atoms with Crippen LogP contribution in [0.3, 0.4) is 0 Å². The molecule has 0 heterocycles. The Balaban J connectivity index is 3.02. The summed E-state index contributed by atoms with van der Waals surface area (Å²) in [6.07, 6.45) is 0.700. The monoisotopic (exact) mass is 223 g/mol. The van der Waals surface area contributed by atoms with E-state index in [9.17, 15) is 9.82 Å². The average molecular weight is 223 g/mol. The number of methoxy groups -OCH3 is 1. The molecule has 16 heavy (non-hydrogen) atoms. The maximum atomic E-state index is 10.6. The van der Waals surface area contributed by atoms with E-state index in [1.165, 1.54) is 18.2 Å². The Kier molecular flexibility index (Phi) is 4.48. The molecule has 0 spiro atoms. The molecule has 0 aliphatic rings. The summed E-state index contributed by atoms with van der Waals surface area (Å²) >= 11 is 0. The first-order valence-electron chi connectivity index (χ1n) is 4.73. The largest absolute Gasteiger partial charge is 0.512 e. The summed E-state index contributed by atoms with van der Waals surface area (Å²) in [5.74, 6) is 0.472. The van der Waals surface area contributed by atoms with Gasteiger partial charge in [0.25, 0.3) is 0 Å². The van der Waals surface area contributed by atoms with Crippen molar-refractivity contribution in [3.8, 4) is 5.75 Å². The molecule has 1 N–H and O–H groups in total. The van der Waals surface area contributed by atoms with Crippen molar-refractivity contribution in [3.63, 3.8) is 0 Å². The third-order valence-corrected chi connectivity index (χ3v) is 1.97. The molecule has 1 aromatic rings. The molecule has 0 bridgehead atoms. The SMILES string of the molecule is COc1ccc(C=O)cc1B(O)ON(C)C. The summed E-state index contributed by atoms with van der Waals surface area (Å²) < 4.78 is 10.1. The Morgan fingerprint density at radius 3 is 2.62 bits per heavy atom. The van der Waals surface area contributed by atoms with E-state index in [0.717, 1.165) is 0 Å². The van der Waals surface area contributed by atoms with Gasteiger partial charge in [-0.3, -0.25) is 4.79 Å². The van der Waals surface area contributed by atoms with Crippen LogP contribution in [0.5, 0.6) is 5.75 Å². The number of hydroxylamine groups is 2. The van der Waals surface area contributed by atoms with Crippen LogP contribution < -0.4 is 10.2 Å². The topological polar surface area (TPSA) is 59.0 Å². The normalized spacial score (nSPS) is 10.3. The summed E-state index contributed by atoms with van der Waals surface area (Å²) in [7, 11) is 3.63. The van der Waals surface area contributed by atoms with E-state index in [-0.39, 0.29) is 0 Å². The summed E-state index contributed by atoms with van der Waals surface area (Å²) in [5, 5.41) is 11.1. The van der Waals surface area contributed by atoms with Crippen molar-refractivity contribution < 1.29 is 19.3 Å². The fraction of sp³-hybridized carbons (Fsp3) is 0.300. The highest BCUT2D eigenvalue weighted by atomic mass is 16.7. The number of ether oxygens (including phenoxy) is 1. The molecule has 1 rings (SSSR count). The van der Waals surface area contributed by atoms with Crippen LogP contribution in [-0.4, -0.2) is 44.7 Å². The predicted octanol–water partition coefficient (Wildman–Crippen LogP) is -0.312. The Hall–Kier alpha value is -1.37. The van der Waals surface area contributed by atoms with Gasteiger partial charge in [-0.1, -0.05) is 0 Å². The van der Waals surface area contributed by atoms with Gasteiger partial charge in [-0.2, -0.15) is 0 Å². The van der Waals surface area contributed by atoms with E-state index in [2.05, 4.69) is 0 Å². The van der Waals surface area contributed by atoms with E-state index in [1.54, 1.807) is 26.2 Å². The molecule has 0 saturated carbocycles. The third kappa shape index (κ3) is 3.06. The molecular weight excluding hydrogens is 209 g/mol. The molecule has 0 atom stereocenters. The van der Waals surface area contributed by atoms with Crippen LogP contribution in [0.4, 0.5) is 0 Å². The first kappa shape index (κ1) is 12.7. The van der Waals surface area contributed by atoms with Crippen molar-refractivity contribution in [3.05, 3.63) is 23.8 Å². The van der Waals surface area contributed by atoms with Crippen molar-refractivity contribution in [2.75, 3.05) is 21.2 Å². The molecule has 0 fully saturated rings. The Morgan fingerprint density at radius 1 is 1.44 bits per heavy atom. The quantitative estimate of drug-likeness (QED) is 0.421. The molecular formula is C10H14BNO4. The Morgan fingerprint density at radius 2 is 2.12 bits per heavy atom. The van der Waals surface area contributed by atoms with Crippen molar-refractivity contribution in [1.29, 1.82) is 0 Å². The van der Waals surface area contributed by atoms with Gasteiger partial charge in [-0.15, -0.1) is 0 Å². The van der Waals surface area contributed by atoms with Crippen LogP contribution in [0, 0.1) is 0 Å². The lowest BCUT2D eigenvalue weighted by atomic mass is 9.78. The molecule has 0 radical (unpaired) electrons. The first-order chi connectivity index (χ1) is 7.58. The van der Waals surface area contributed by atoms with Gasteiger partial charge in [-0.05, 0) is 18.2 Å². The van der Waals surface area contributed by atoms with Crippen LogP contribution in [0.1, 0.15) is 10.4 Å². The van der Waals surface area contributed by atoms with Gasteiger partial charge in [0.05, 0.1) is 7.11 Å². The van der Waals surface area contributed by atoms with Crippen LogP contribution in [0.2, 0.25) is 0 Å². The summed E-state index contributed by atoms with van der Waals surface area (Å²) in [4.78, 5) is 10.6. The summed E-state index contributed by atoms with van der Waals surface area (Å²) in [6.45, 7) is 0. The molecule has 0 saturated heterocycles. The van der Waals surface area contributed by atoms with Gasteiger partial charge >= 0.3 is 7.12 Å². The second-order valence-electron chi connectivity index (χ2n) is 3.39. The zero-order valence-corrected chi connectivity index (χ0v) is 9.51. The Bertz CT molecular complexity index is 370. The van der Waals surface area contributed by atoms with Gasteiger partial charge < -0.3 is 14.5 Å². The number of hydrogen-bond donors (Lipinski definition) is 1.